The summed E-state index contributed by atoms with van der Waals surface area (Å²) in [6, 6.07) is 6.76. The van der Waals surface area contributed by atoms with Gasteiger partial charge in [0.25, 0.3) is 5.91 Å². The topological polar surface area (TPSA) is 55.6 Å². The van der Waals surface area contributed by atoms with Gasteiger partial charge in [-0.1, -0.05) is 0 Å². The lowest BCUT2D eigenvalue weighted by Crippen LogP contribution is -2.45. The molecule has 0 aliphatic carbocycles. The molecule has 1 aromatic carbocycles. The average Bonchev–Trinajstić information content (AvgIpc) is 2.18. The number of ether oxygens (including phenoxy) is 1. The highest BCUT2D eigenvalue weighted by Crippen LogP contribution is 2.32. The first-order chi connectivity index (χ1) is 7.08. The Morgan fingerprint density at radius 2 is 2.47 bits per heavy atom. The minimum absolute atomic E-state index is 0.437. The molecule has 0 fully saturated rings. The van der Waals surface area contributed by atoms with Crippen molar-refractivity contribution in [1.82, 2.24) is 0 Å². The zero-order chi connectivity index (χ0) is 11.0. The Kier molecular flexibility index (Phi) is 2.26. The summed E-state index contributed by atoms with van der Waals surface area (Å²) in [5.74, 6) is 0.228. The molecule has 79 valence electrons. The number of hydrogen-bond acceptors (Lipinski definition) is 3. The van der Waals surface area contributed by atoms with Gasteiger partial charge in [-0.05, 0) is 30.7 Å². The maximum Gasteiger partial charge on any atom is 0.260 e. The Labute approximate surface area is 88.6 Å². The molecule has 0 aromatic heterocycles. The third-order valence-corrected chi connectivity index (χ3v) is 2.47. The van der Waals surface area contributed by atoms with Crippen molar-refractivity contribution in [1.29, 1.82) is 0 Å². The SMILES string of the molecule is Cc1[c]cc2c(c1)N(C)CC(C(N)=O)O2. The van der Waals surface area contributed by atoms with Gasteiger partial charge in [0, 0.05) is 7.05 Å². The molecule has 1 amide bonds. The van der Waals surface area contributed by atoms with Crippen molar-refractivity contribution in [2.24, 2.45) is 5.73 Å². The number of carbonyl (C=O) groups is 1. The maximum atomic E-state index is 11.0. The van der Waals surface area contributed by atoms with Crippen molar-refractivity contribution in [3.8, 4) is 5.75 Å². The van der Waals surface area contributed by atoms with Gasteiger partial charge >= 0.3 is 0 Å². The molecule has 2 rings (SSSR count). The number of carbonyl (C=O) groups excluding carboxylic acids is 1. The van der Waals surface area contributed by atoms with Crippen molar-refractivity contribution >= 4 is 11.6 Å². The van der Waals surface area contributed by atoms with E-state index < -0.39 is 12.0 Å². The van der Waals surface area contributed by atoms with Crippen LogP contribution in [0.2, 0.25) is 0 Å². The molecule has 0 saturated carbocycles. The molecule has 1 unspecified atom stereocenters. The molecule has 1 radical (unpaired) electrons. The van der Waals surface area contributed by atoms with E-state index in [1.54, 1.807) is 6.07 Å². The molecule has 1 aromatic rings. The first-order valence-electron chi connectivity index (χ1n) is 4.77. The quantitative estimate of drug-likeness (QED) is 0.725. The normalized spacial score (nSPS) is 19.3. The highest BCUT2D eigenvalue weighted by Gasteiger charge is 2.27. The van der Waals surface area contributed by atoms with Crippen LogP contribution < -0.4 is 15.4 Å². The number of aryl methyl sites for hydroxylation is 1. The van der Waals surface area contributed by atoms with Gasteiger partial charge in [-0.15, -0.1) is 0 Å². The van der Waals surface area contributed by atoms with E-state index in [0.717, 1.165) is 11.3 Å². The average molecular weight is 205 g/mol. The fraction of sp³-hybridized carbons (Fsp3) is 0.364. The molecular weight excluding hydrogens is 192 g/mol. The number of benzene rings is 1. The molecule has 2 N–H and O–H groups in total. The lowest BCUT2D eigenvalue weighted by atomic mass is 10.1. The van der Waals surface area contributed by atoms with E-state index in [1.807, 2.05) is 24.9 Å². The molecule has 15 heavy (non-hydrogen) atoms. The van der Waals surface area contributed by atoms with Crippen LogP contribution in [0.25, 0.3) is 0 Å². The van der Waals surface area contributed by atoms with Crippen LogP contribution in [0.1, 0.15) is 5.56 Å². The van der Waals surface area contributed by atoms with E-state index >= 15 is 0 Å². The Morgan fingerprint density at radius 1 is 1.73 bits per heavy atom. The Hall–Kier alpha value is -1.71. The second kappa shape index (κ2) is 3.46. The molecule has 4 heteroatoms. The smallest absolute Gasteiger partial charge is 0.260 e. The molecule has 0 spiro atoms. The number of nitrogens with two attached hydrogens (primary N) is 1. The van der Waals surface area contributed by atoms with Gasteiger partial charge in [0.05, 0.1) is 12.2 Å². The lowest BCUT2D eigenvalue weighted by molar-refractivity contribution is -0.124. The van der Waals surface area contributed by atoms with Gasteiger partial charge in [0.15, 0.2) is 6.10 Å². The monoisotopic (exact) mass is 205 g/mol. The lowest BCUT2D eigenvalue weighted by Gasteiger charge is -2.32. The second-order valence-corrected chi connectivity index (χ2v) is 3.75. The predicted molar refractivity (Wildman–Crippen MR) is 56.9 cm³/mol. The van der Waals surface area contributed by atoms with E-state index in [9.17, 15) is 4.79 Å². The molecule has 0 saturated heterocycles. The fourth-order valence-electron chi connectivity index (χ4n) is 1.65. The van der Waals surface area contributed by atoms with Gasteiger partial charge in [-0.25, -0.2) is 0 Å². The van der Waals surface area contributed by atoms with E-state index in [-0.39, 0.29) is 0 Å². The molecule has 1 aliphatic rings. The van der Waals surface area contributed by atoms with Gasteiger partial charge < -0.3 is 15.4 Å². The van der Waals surface area contributed by atoms with Crippen LogP contribution >= 0.6 is 0 Å². The van der Waals surface area contributed by atoms with Crippen LogP contribution in [-0.4, -0.2) is 25.6 Å². The highest BCUT2D eigenvalue weighted by molar-refractivity contribution is 5.81. The molecule has 1 atom stereocenters. The number of likely N-dealkylation sites (N-methyl/N-ethyl adjacent to an activating group) is 1. The van der Waals surface area contributed by atoms with Crippen molar-refractivity contribution in [2.75, 3.05) is 18.5 Å². The summed E-state index contributed by atoms with van der Waals surface area (Å²) in [6.45, 7) is 2.46. The maximum absolute atomic E-state index is 11.0. The molecular formula is C11H13N2O2. The van der Waals surface area contributed by atoms with Gasteiger partial charge in [-0.3, -0.25) is 4.79 Å². The minimum Gasteiger partial charge on any atom is -0.477 e. The van der Waals surface area contributed by atoms with Crippen LogP contribution in [0, 0.1) is 13.0 Å². The molecule has 1 heterocycles. The fourth-order valence-corrected chi connectivity index (χ4v) is 1.65. The van der Waals surface area contributed by atoms with Crippen LogP contribution in [0.15, 0.2) is 12.1 Å². The van der Waals surface area contributed by atoms with Crippen LogP contribution in [0.5, 0.6) is 5.75 Å². The van der Waals surface area contributed by atoms with Gasteiger partial charge in [0.1, 0.15) is 5.75 Å². The number of anilines is 1. The van der Waals surface area contributed by atoms with Crippen LogP contribution in [0.4, 0.5) is 5.69 Å². The van der Waals surface area contributed by atoms with Gasteiger partial charge in [0.2, 0.25) is 0 Å². The van der Waals surface area contributed by atoms with Crippen molar-refractivity contribution in [2.45, 2.75) is 13.0 Å². The predicted octanol–water partition coefficient (Wildman–Crippen LogP) is 0.478. The first kappa shape index (κ1) is 9.83. The van der Waals surface area contributed by atoms with Crippen molar-refractivity contribution in [3.05, 3.63) is 23.8 Å². The summed E-state index contributed by atoms with van der Waals surface area (Å²) < 4.78 is 5.47. The third kappa shape index (κ3) is 1.75. The minimum atomic E-state index is -0.571. The van der Waals surface area contributed by atoms with E-state index in [1.165, 1.54) is 0 Å². The Balaban J connectivity index is 2.36. The van der Waals surface area contributed by atoms with E-state index in [0.29, 0.717) is 12.3 Å². The summed E-state index contributed by atoms with van der Waals surface area (Å²) in [4.78, 5) is 13.0. The molecule has 4 nitrogen and oxygen atoms in total. The van der Waals surface area contributed by atoms with Crippen LogP contribution in [-0.2, 0) is 4.79 Å². The Bertz CT molecular complexity index is 404. The van der Waals surface area contributed by atoms with Crippen molar-refractivity contribution in [3.63, 3.8) is 0 Å². The number of rotatable bonds is 1. The zero-order valence-corrected chi connectivity index (χ0v) is 8.78. The number of hydrogen-bond donors (Lipinski definition) is 1. The highest BCUT2D eigenvalue weighted by atomic mass is 16.5. The van der Waals surface area contributed by atoms with Crippen molar-refractivity contribution < 1.29 is 9.53 Å². The summed E-state index contributed by atoms with van der Waals surface area (Å²) in [6.07, 6.45) is -0.571. The molecule has 0 bridgehead atoms. The number of nitrogens with zero attached hydrogens (tertiary/aromatic N) is 1. The van der Waals surface area contributed by atoms with E-state index in [2.05, 4.69) is 6.07 Å². The summed E-state index contributed by atoms with van der Waals surface area (Å²) in [5.41, 5.74) is 7.23. The first-order valence-corrected chi connectivity index (χ1v) is 4.77. The number of primary amides is 1. The van der Waals surface area contributed by atoms with Gasteiger partial charge in [-0.2, -0.15) is 0 Å². The van der Waals surface area contributed by atoms with Crippen LogP contribution in [0.3, 0.4) is 0 Å². The number of amides is 1. The summed E-state index contributed by atoms with van der Waals surface area (Å²) in [7, 11) is 1.91. The van der Waals surface area contributed by atoms with E-state index in [4.69, 9.17) is 10.5 Å². The largest absolute Gasteiger partial charge is 0.477 e. The number of fused-ring (bicyclic) bond motifs is 1. The zero-order valence-electron chi connectivity index (χ0n) is 8.78. The Morgan fingerprint density at radius 3 is 3.13 bits per heavy atom. The summed E-state index contributed by atoms with van der Waals surface area (Å²) in [5, 5.41) is 0. The summed E-state index contributed by atoms with van der Waals surface area (Å²) >= 11 is 0. The second-order valence-electron chi connectivity index (χ2n) is 3.75. The standard InChI is InChI=1S/C11H13N2O2/c1-7-3-4-9-8(5-7)13(2)6-10(15-9)11(12)14/h4-5,10H,6H2,1-2H3,(H2,12,14). The third-order valence-electron chi connectivity index (χ3n) is 2.47. The molecule has 1 aliphatic heterocycles.